The third-order valence-corrected chi connectivity index (χ3v) is 2.10. The smallest absolute Gasteiger partial charge is 0.407 e. The zero-order valence-electron chi connectivity index (χ0n) is 6.71. The van der Waals surface area contributed by atoms with Gasteiger partial charge in [0.25, 0.3) is 0 Å². The van der Waals surface area contributed by atoms with Gasteiger partial charge in [-0.05, 0) is 12.0 Å². The number of rotatable bonds is 2. The van der Waals surface area contributed by atoms with Crippen LogP contribution in [0.25, 0.3) is 10.4 Å². The van der Waals surface area contributed by atoms with E-state index >= 15 is 0 Å². The molecule has 12 heavy (non-hydrogen) atoms. The van der Waals surface area contributed by atoms with Crippen molar-refractivity contribution in [3.05, 3.63) is 10.4 Å². The molecule has 6 nitrogen and oxygen atoms in total. The summed E-state index contributed by atoms with van der Waals surface area (Å²) in [7, 11) is 0. The Morgan fingerprint density at radius 3 is 2.92 bits per heavy atom. The molecule has 0 saturated carbocycles. The van der Waals surface area contributed by atoms with Gasteiger partial charge in [0, 0.05) is 17.5 Å². The van der Waals surface area contributed by atoms with Crippen LogP contribution in [0.5, 0.6) is 0 Å². The van der Waals surface area contributed by atoms with Crippen molar-refractivity contribution in [2.24, 2.45) is 5.11 Å². The Bertz CT molecular complexity index is 232. The van der Waals surface area contributed by atoms with Crippen LogP contribution in [-0.2, 0) is 0 Å². The van der Waals surface area contributed by atoms with Crippen molar-refractivity contribution in [1.82, 2.24) is 4.90 Å². The van der Waals surface area contributed by atoms with Crippen molar-refractivity contribution in [2.75, 3.05) is 6.54 Å². The van der Waals surface area contributed by atoms with Crippen LogP contribution in [0.2, 0.25) is 0 Å². The molecular weight excluding hydrogens is 160 g/mol. The lowest BCUT2D eigenvalue weighted by molar-refractivity contribution is 0.0660. The van der Waals surface area contributed by atoms with E-state index in [0.717, 1.165) is 6.42 Å². The van der Waals surface area contributed by atoms with Crippen molar-refractivity contribution in [3.8, 4) is 0 Å². The quantitative estimate of drug-likeness (QED) is 0.386. The molecule has 0 aromatic rings. The van der Waals surface area contributed by atoms with Gasteiger partial charge in [-0.1, -0.05) is 12.0 Å². The molecule has 0 bridgehead atoms. The average molecular weight is 170 g/mol. The lowest BCUT2D eigenvalue weighted by atomic mass is 9.98. The van der Waals surface area contributed by atoms with Crippen molar-refractivity contribution < 1.29 is 9.90 Å². The maximum atomic E-state index is 10.5. The first-order valence-corrected chi connectivity index (χ1v) is 3.70. The summed E-state index contributed by atoms with van der Waals surface area (Å²) >= 11 is 0. The molecule has 1 aliphatic rings. The van der Waals surface area contributed by atoms with Crippen LogP contribution >= 0.6 is 0 Å². The highest BCUT2D eigenvalue weighted by atomic mass is 16.4. The second-order valence-electron chi connectivity index (χ2n) is 2.78. The Kier molecular flexibility index (Phi) is 2.40. The maximum absolute atomic E-state index is 10.5. The Balaban J connectivity index is 2.53. The summed E-state index contributed by atoms with van der Waals surface area (Å²) < 4.78 is 0. The summed E-state index contributed by atoms with van der Waals surface area (Å²) in [5.41, 5.74) is 8.12. The average Bonchev–Trinajstić information content (AvgIpc) is 1.82. The lowest BCUT2D eigenvalue weighted by Crippen LogP contribution is -2.54. The lowest BCUT2D eigenvalue weighted by Gasteiger charge is -2.40. The van der Waals surface area contributed by atoms with Crippen LogP contribution in [-0.4, -0.2) is 34.7 Å². The molecule has 0 radical (unpaired) electrons. The molecule has 1 aliphatic heterocycles. The number of azide groups is 1. The topological polar surface area (TPSA) is 89.3 Å². The summed E-state index contributed by atoms with van der Waals surface area (Å²) in [6.07, 6.45) is -0.154. The zero-order valence-corrected chi connectivity index (χ0v) is 6.71. The van der Waals surface area contributed by atoms with E-state index in [0.29, 0.717) is 6.54 Å². The van der Waals surface area contributed by atoms with Crippen molar-refractivity contribution in [1.29, 1.82) is 0 Å². The Morgan fingerprint density at radius 2 is 2.58 bits per heavy atom. The van der Waals surface area contributed by atoms with E-state index in [4.69, 9.17) is 10.6 Å². The van der Waals surface area contributed by atoms with Crippen molar-refractivity contribution >= 4 is 6.09 Å². The van der Waals surface area contributed by atoms with E-state index in [1.54, 1.807) is 6.92 Å². The standard InChI is InChI=1S/C6H10N4O2/c1-4(8-9-7)5-2-3-10(5)6(11)12/h4-5H,2-3H2,1H3,(H,11,12)/t4-,5-/m0/s1. The van der Waals surface area contributed by atoms with Crippen LogP contribution in [0.4, 0.5) is 4.79 Å². The van der Waals surface area contributed by atoms with Gasteiger partial charge in [0.1, 0.15) is 0 Å². The van der Waals surface area contributed by atoms with Gasteiger partial charge in [-0.25, -0.2) is 4.79 Å². The third-order valence-electron chi connectivity index (χ3n) is 2.10. The van der Waals surface area contributed by atoms with Gasteiger partial charge in [-0.2, -0.15) is 0 Å². The molecule has 1 rings (SSSR count). The minimum atomic E-state index is -0.939. The van der Waals surface area contributed by atoms with Gasteiger partial charge >= 0.3 is 6.09 Å². The Hall–Kier alpha value is -1.42. The van der Waals surface area contributed by atoms with Crippen LogP contribution < -0.4 is 0 Å². The second-order valence-corrected chi connectivity index (χ2v) is 2.78. The van der Waals surface area contributed by atoms with Gasteiger partial charge in [0.15, 0.2) is 0 Å². The number of hydrogen-bond donors (Lipinski definition) is 1. The SMILES string of the molecule is C[C@H](N=[N+]=[N-])[C@@H]1CCN1C(=O)O. The molecule has 0 aromatic heterocycles. The highest BCUT2D eigenvalue weighted by molar-refractivity contribution is 5.66. The molecule has 2 atom stereocenters. The van der Waals surface area contributed by atoms with Crippen LogP contribution in [0.15, 0.2) is 5.11 Å². The molecular formula is C6H10N4O2. The van der Waals surface area contributed by atoms with Crippen LogP contribution in [0.1, 0.15) is 13.3 Å². The molecule has 1 saturated heterocycles. The largest absolute Gasteiger partial charge is 0.465 e. The van der Waals surface area contributed by atoms with E-state index in [1.807, 2.05) is 0 Å². The van der Waals surface area contributed by atoms with Crippen molar-refractivity contribution in [3.63, 3.8) is 0 Å². The molecule has 0 aromatic carbocycles. The van der Waals surface area contributed by atoms with Crippen LogP contribution in [0, 0.1) is 0 Å². The summed E-state index contributed by atoms with van der Waals surface area (Å²) in [5.74, 6) is 0. The zero-order chi connectivity index (χ0) is 9.14. The monoisotopic (exact) mass is 170 g/mol. The normalized spacial score (nSPS) is 23.8. The van der Waals surface area contributed by atoms with E-state index in [9.17, 15) is 4.79 Å². The first-order valence-electron chi connectivity index (χ1n) is 3.70. The Morgan fingerprint density at radius 1 is 1.92 bits per heavy atom. The van der Waals surface area contributed by atoms with Crippen LogP contribution in [0.3, 0.4) is 0 Å². The fourth-order valence-electron chi connectivity index (χ4n) is 1.30. The predicted molar refractivity (Wildman–Crippen MR) is 41.7 cm³/mol. The fraction of sp³-hybridized carbons (Fsp3) is 0.833. The summed E-state index contributed by atoms with van der Waals surface area (Å²) in [4.78, 5) is 14.4. The molecule has 66 valence electrons. The van der Waals surface area contributed by atoms with Gasteiger partial charge in [-0.15, -0.1) is 0 Å². The number of carboxylic acid groups (broad SMARTS) is 1. The predicted octanol–water partition coefficient (Wildman–Crippen LogP) is 1.44. The summed E-state index contributed by atoms with van der Waals surface area (Å²) in [6, 6.07) is -0.391. The minimum Gasteiger partial charge on any atom is -0.465 e. The number of carbonyl (C=O) groups is 1. The van der Waals surface area contributed by atoms with Gasteiger partial charge in [-0.3, -0.25) is 0 Å². The highest BCUT2D eigenvalue weighted by Crippen LogP contribution is 2.22. The van der Waals surface area contributed by atoms with E-state index < -0.39 is 6.09 Å². The number of nitrogens with zero attached hydrogens (tertiary/aromatic N) is 4. The number of hydrogen-bond acceptors (Lipinski definition) is 2. The molecule has 6 heteroatoms. The van der Waals surface area contributed by atoms with E-state index in [-0.39, 0.29) is 12.1 Å². The first kappa shape index (κ1) is 8.67. The van der Waals surface area contributed by atoms with Crippen molar-refractivity contribution in [2.45, 2.75) is 25.4 Å². The number of amides is 1. The molecule has 0 unspecified atom stereocenters. The summed E-state index contributed by atoms with van der Waals surface area (Å²) in [6.45, 7) is 2.27. The molecule has 1 amide bonds. The highest BCUT2D eigenvalue weighted by Gasteiger charge is 2.35. The Labute approximate surface area is 69.4 Å². The van der Waals surface area contributed by atoms with E-state index in [1.165, 1.54) is 4.90 Å². The fourth-order valence-corrected chi connectivity index (χ4v) is 1.30. The van der Waals surface area contributed by atoms with E-state index in [2.05, 4.69) is 10.0 Å². The minimum absolute atomic E-state index is 0.126. The maximum Gasteiger partial charge on any atom is 0.407 e. The van der Waals surface area contributed by atoms with Gasteiger partial charge < -0.3 is 10.0 Å². The first-order chi connectivity index (χ1) is 5.66. The number of likely N-dealkylation sites (tertiary alicyclic amines) is 1. The summed E-state index contributed by atoms with van der Waals surface area (Å²) in [5, 5.41) is 12.1. The second kappa shape index (κ2) is 3.32. The molecule has 1 heterocycles. The molecule has 0 aliphatic carbocycles. The molecule has 0 spiro atoms. The third kappa shape index (κ3) is 1.43. The van der Waals surface area contributed by atoms with Gasteiger partial charge in [0.2, 0.25) is 0 Å². The molecule has 1 N–H and O–H groups in total. The molecule has 1 fully saturated rings. The van der Waals surface area contributed by atoms with Gasteiger partial charge in [0.05, 0.1) is 6.04 Å².